The number of benzene rings is 2. The molecule has 0 saturated carbocycles. The molecule has 3 rings (SSSR count). The number of nitrogens with zero attached hydrogens (tertiary/aromatic N) is 1. The van der Waals surface area contributed by atoms with Crippen molar-refractivity contribution < 1.29 is 9.84 Å². The Balaban J connectivity index is 1.48. The van der Waals surface area contributed by atoms with E-state index in [1.807, 2.05) is 0 Å². The molecule has 140 valence electrons. The fraction of sp³-hybridized carbons (Fsp3) is 0.429. The highest BCUT2D eigenvalue weighted by Crippen LogP contribution is 2.29. The molecule has 0 amide bonds. The number of aliphatic hydroxyl groups excluding tert-OH is 1. The number of rotatable bonds is 7. The van der Waals surface area contributed by atoms with E-state index >= 15 is 0 Å². The van der Waals surface area contributed by atoms with Crippen LogP contribution in [0.3, 0.4) is 0 Å². The van der Waals surface area contributed by atoms with Crippen molar-refractivity contribution in [1.82, 2.24) is 4.90 Å². The van der Waals surface area contributed by atoms with Crippen LogP contribution in [0.4, 0.5) is 0 Å². The van der Waals surface area contributed by atoms with E-state index in [1.165, 1.54) is 18.4 Å². The van der Waals surface area contributed by atoms with E-state index in [0.717, 1.165) is 25.4 Å². The first-order valence-corrected chi connectivity index (χ1v) is 9.88. The van der Waals surface area contributed by atoms with Gasteiger partial charge in [0.1, 0.15) is 11.9 Å². The molecule has 1 fully saturated rings. The van der Waals surface area contributed by atoms with Crippen LogP contribution < -0.4 is 4.74 Å². The van der Waals surface area contributed by atoms with Gasteiger partial charge in [-0.05, 0) is 62.0 Å². The molecule has 1 unspecified atom stereocenters. The van der Waals surface area contributed by atoms with Crippen LogP contribution >= 0.6 is 23.2 Å². The van der Waals surface area contributed by atoms with Crippen LogP contribution in [0.15, 0.2) is 48.5 Å². The highest BCUT2D eigenvalue weighted by atomic mass is 35.5. The smallest absolute Gasteiger partial charge is 0.138 e. The minimum atomic E-state index is -0.292. The Hall–Kier alpha value is -1.26. The van der Waals surface area contributed by atoms with E-state index in [2.05, 4.69) is 35.2 Å². The number of piperidine rings is 1. The van der Waals surface area contributed by atoms with Crippen LogP contribution in [0.25, 0.3) is 0 Å². The highest BCUT2D eigenvalue weighted by molar-refractivity contribution is 6.35. The Bertz CT molecular complexity index is 688. The van der Waals surface area contributed by atoms with Gasteiger partial charge in [-0.15, -0.1) is 0 Å². The van der Waals surface area contributed by atoms with E-state index in [4.69, 9.17) is 27.9 Å². The standard InChI is InChI=1S/C21H25Cl2NO2/c22-18-6-7-21(20(23)13-18)26-19(15-25)14-24-10-8-17(9-11-24)12-16-4-2-1-3-5-16/h1-7,13,17,19,25H,8-12,14-15H2. The second kappa shape index (κ2) is 9.61. The number of aliphatic hydroxyl groups is 1. The zero-order valence-electron chi connectivity index (χ0n) is 14.8. The van der Waals surface area contributed by atoms with Gasteiger partial charge in [0.15, 0.2) is 0 Å². The van der Waals surface area contributed by atoms with Gasteiger partial charge >= 0.3 is 0 Å². The molecule has 3 nitrogen and oxygen atoms in total. The lowest BCUT2D eigenvalue weighted by Gasteiger charge is -2.34. The molecular formula is C21H25Cl2NO2. The van der Waals surface area contributed by atoms with Crippen LogP contribution in [0.2, 0.25) is 10.0 Å². The van der Waals surface area contributed by atoms with Crippen molar-refractivity contribution in [2.75, 3.05) is 26.2 Å². The van der Waals surface area contributed by atoms with E-state index in [0.29, 0.717) is 22.3 Å². The summed E-state index contributed by atoms with van der Waals surface area (Å²) in [5, 5.41) is 10.7. The molecule has 0 radical (unpaired) electrons. The summed E-state index contributed by atoms with van der Waals surface area (Å²) in [6.45, 7) is 2.73. The zero-order valence-corrected chi connectivity index (χ0v) is 16.3. The van der Waals surface area contributed by atoms with Crippen molar-refractivity contribution in [3.63, 3.8) is 0 Å². The molecule has 1 atom stereocenters. The minimum absolute atomic E-state index is 0.0388. The lowest BCUT2D eigenvalue weighted by molar-refractivity contribution is 0.0631. The average molecular weight is 394 g/mol. The molecule has 0 spiro atoms. The summed E-state index contributed by atoms with van der Waals surface area (Å²) in [5.74, 6) is 1.29. The molecule has 0 bridgehead atoms. The van der Waals surface area contributed by atoms with Gasteiger partial charge in [-0.2, -0.15) is 0 Å². The second-order valence-corrected chi connectivity index (χ2v) is 7.77. The molecule has 0 aliphatic carbocycles. The Kier molecular flexibility index (Phi) is 7.21. The molecule has 2 aromatic carbocycles. The monoisotopic (exact) mass is 393 g/mol. The Morgan fingerprint density at radius 2 is 1.81 bits per heavy atom. The Labute approximate surface area is 165 Å². The summed E-state index contributed by atoms with van der Waals surface area (Å²) < 4.78 is 5.89. The number of hydrogen-bond donors (Lipinski definition) is 1. The fourth-order valence-electron chi connectivity index (χ4n) is 3.49. The van der Waals surface area contributed by atoms with Gasteiger partial charge < -0.3 is 9.84 Å². The summed E-state index contributed by atoms with van der Waals surface area (Å²) in [6.07, 6.45) is 3.21. The maximum atomic E-state index is 9.69. The van der Waals surface area contributed by atoms with E-state index in [-0.39, 0.29) is 12.7 Å². The van der Waals surface area contributed by atoms with Gasteiger partial charge in [0.05, 0.1) is 11.6 Å². The maximum absolute atomic E-state index is 9.69. The van der Waals surface area contributed by atoms with Crippen molar-refractivity contribution in [2.45, 2.75) is 25.4 Å². The van der Waals surface area contributed by atoms with Gasteiger partial charge in [0.25, 0.3) is 0 Å². The predicted molar refractivity (Wildman–Crippen MR) is 107 cm³/mol. The molecule has 1 N–H and O–H groups in total. The fourth-order valence-corrected chi connectivity index (χ4v) is 3.94. The number of likely N-dealkylation sites (tertiary alicyclic amines) is 1. The van der Waals surface area contributed by atoms with Crippen molar-refractivity contribution in [1.29, 1.82) is 0 Å². The molecule has 0 aromatic heterocycles. The molecule has 1 aliphatic heterocycles. The number of ether oxygens (including phenoxy) is 1. The first-order valence-electron chi connectivity index (χ1n) is 9.13. The van der Waals surface area contributed by atoms with Crippen LogP contribution in [-0.4, -0.2) is 42.4 Å². The normalized spacial score (nSPS) is 17.2. The number of hydrogen-bond acceptors (Lipinski definition) is 3. The molecule has 1 saturated heterocycles. The van der Waals surface area contributed by atoms with Crippen molar-refractivity contribution in [3.8, 4) is 5.75 Å². The largest absolute Gasteiger partial charge is 0.485 e. The summed E-state index contributed by atoms with van der Waals surface area (Å²) in [7, 11) is 0. The van der Waals surface area contributed by atoms with E-state index < -0.39 is 0 Å². The van der Waals surface area contributed by atoms with Crippen LogP contribution in [0.5, 0.6) is 5.75 Å². The third-order valence-electron chi connectivity index (χ3n) is 4.93. The first-order chi connectivity index (χ1) is 12.6. The van der Waals surface area contributed by atoms with Crippen molar-refractivity contribution in [2.24, 2.45) is 5.92 Å². The van der Waals surface area contributed by atoms with Crippen LogP contribution in [0.1, 0.15) is 18.4 Å². The van der Waals surface area contributed by atoms with Gasteiger partial charge in [-0.1, -0.05) is 53.5 Å². The average Bonchev–Trinajstić information content (AvgIpc) is 2.65. The number of halogens is 2. The minimum Gasteiger partial charge on any atom is -0.485 e. The Morgan fingerprint density at radius 1 is 1.08 bits per heavy atom. The molecular weight excluding hydrogens is 369 g/mol. The Morgan fingerprint density at radius 3 is 2.46 bits per heavy atom. The van der Waals surface area contributed by atoms with Crippen molar-refractivity contribution in [3.05, 3.63) is 64.1 Å². The zero-order chi connectivity index (χ0) is 18.4. The summed E-state index contributed by atoms with van der Waals surface area (Å²) in [5.41, 5.74) is 1.42. The summed E-state index contributed by atoms with van der Waals surface area (Å²) in [4.78, 5) is 2.37. The third-order valence-corrected chi connectivity index (χ3v) is 5.46. The van der Waals surface area contributed by atoms with Gasteiger partial charge in [-0.25, -0.2) is 0 Å². The maximum Gasteiger partial charge on any atom is 0.138 e. The van der Waals surface area contributed by atoms with Crippen LogP contribution in [-0.2, 0) is 6.42 Å². The van der Waals surface area contributed by atoms with Crippen LogP contribution in [0, 0.1) is 5.92 Å². The van der Waals surface area contributed by atoms with Gasteiger partial charge in [0.2, 0.25) is 0 Å². The predicted octanol–water partition coefficient (Wildman–Crippen LogP) is 4.69. The van der Waals surface area contributed by atoms with Gasteiger partial charge in [-0.3, -0.25) is 4.90 Å². The summed E-state index contributed by atoms with van der Waals surface area (Å²) in [6, 6.07) is 15.8. The molecule has 1 heterocycles. The molecule has 2 aromatic rings. The van der Waals surface area contributed by atoms with E-state index in [1.54, 1.807) is 18.2 Å². The SMILES string of the molecule is OCC(CN1CCC(Cc2ccccc2)CC1)Oc1ccc(Cl)cc1Cl. The molecule has 26 heavy (non-hydrogen) atoms. The first kappa shape index (κ1) is 19.5. The highest BCUT2D eigenvalue weighted by Gasteiger charge is 2.23. The third kappa shape index (κ3) is 5.62. The summed E-state index contributed by atoms with van der Waals surface area (Å²) >= 11 is 12.1. The van der Waals surface area contributed by atoms with Crippen molar-refractivity contribution >= 4 is 23.2 Å². The molecule has 1 aliphatic rings. The second-order valence-electron chi connectivity index (χ2n) is 6.93. The lowest BCUT2D eigenvalue weighted by Crippen LogP contribution is -2.42. The topological polar surface area (TPSA) is 32.7 Å². The quantitative estimate of drug-likeness (QED) is 0.740. The lowest BCUT2D eigenvalue weighted by atomic mass is 9.90. The van der Waals surface area contributed by atoms with Gasteiger partial charge in [0, 0.05) is 11.6 Å². The van der Waals surface area contributed by atoms with E-state index in [9.17, 15) is 5.11 Å². The molecule has 5 heteroatoms.